The molecule has 1 saturated carbocycles. The highest BCUT2D eigenvalue weighted by molar-refractivity contribution is 14.0. The van der Waals surface area contributed by atoms with Crippen LogP contribution >= 0.6 is 24.0 Å². The predicted octanol–water partition coefficient (Wildman–Crippen LogP) is 3.48. The summed E-state index contributed by atoms with van der Waals surface area (Å²) in [5.41, 5.74) is 1.58. The molecule has 3 N–H and O–H groups in total. The molecule has 1 aliphatic rings. The Balaban J connectivity index is 0.00000312. The Kier molecular flexibility index (Phi) is 10.9. The molecule has 1 fully saturated rings. The molecule has 2 rings (SSSR count). The van der Waals surface area contributed by atoms with Crippen LogP contribution in [-0.2, 0) is 4.74 Å². The summed E-state index contributed by atoms with van der Waals surface area (Å²) in [5, 5.41) is 10.3. The minimum atomic E-state index is 0. The van der Waals surface area contributed by atoms with Crippen LogP contribution in [-0.4, -0.2) is 46.4 Å². The number of benzene rings is 1. The highest BCUT2D eigenvalue weighted by Crippen LogP contribution is 2.43. The molecule has 142 valence electrons. The zero-order valence-corrected chi connectivity index (χ0v) is 17.8. The zero-order valence-electron chi connectivity index (χ0n) is 15.5. The second kappa shape index (κ2) is 12.4. The lowest BCUT2D eigenvalue weighted by Crippen LogP contribution is -2.47. The van der Waals surface area contributed by atoms with Gasteiger partial charge < -0.3 is 20.7 Å². The number of halogens is 1. The van der Waals surface area contributed by atoms with E-state index in [1.54, 1.807) is 7.11 Å². The number of nitrogens with one attached hydrogen (secondary N) is 3. The maximum absolute atomic E-state index is 5.25. The summed E-state index contributed by atoms with van der Waals surface area (Å²) < 4.78 is 5.25. The first-order valence-corrected chi connectivity index (χ1v) is 9.00. The van der Waals surface area contributed by atoms with Crippen molar-refractivity contribution in [3.05, 3.63) is 30.3 Å². The highest BCUT2D eigenvalue weighted by atomic mass is 127. The van der Waals surface area contributed by atoms with Crippen molar-refractivity contribution in [2.75, 3.05) is 45.7 Å². The number of rotatable bonds is 10. The van der Waals surface area contributed by atoms with Gasteiger partial charge in [0.15, 0.2) is 5.96 Å². The van der Waals surface area contributed by atoms with Crippen molar-refractivity contribution in [3.8, 4) is 0 Å². The largest absolute Gasteiger partial charge is 0.385 e. The summed E-state index contributed by atoms with van der Waals surface area (Å²) >= 11 is 0. The molecule has 0 aromatic heterocycles. The minimum Gasteiger partial charge on any atom is -0.385 e. The third-order valence-electron chi connectivity index (χ3n) is 4.85. The van der Waals surface area contributed by atoms with Crippen LogP contribution in [0.3, 0.4) is 0 Å². The molecule has 1 aromatic carbocycles. The molecule has 0 aliphatic heterocycles. The fraction of sp³-hybridized carbons (Fsp3) is 0.632. The maximum Gasteiger partial charge on any atom is 0.190 e. The number of hydrogen-bond donors (Lipinski definition) is 3. The van der Waals surface area contributed by atoms with E-state index in [9.17, 15) is 0 Å². The average Bonchev–Trinajstić information content (AvgIpc) is 2.59. The van der Waals surface area contributed by atoms with E-state index in [-0.39, 0.29) is 24.0 Å². The Morgan fingerprint density at radius 2 is 1.92 bits per heavy atom. The fourth-order valence-electron chi connectivity index (χ4n) is 3.09. The Morgan fingerprint density at radius 1 is 1.16 bits per heavy atom. The van der Waals surface area contributed by atoms with Crippen LogP contribution in [0, 0.1) is 5.41 Å². The number of anilines is 1. The molecule has 0 atom stereocenters. The molecular formula is C19H33IN4O. The van der Waals surface area contributed by atoms with Crippen LogP contribution in [0.1, 0.15) is 32.1 Å². The molecular weight excluding hydrogens is 427 g/mol. The quantitative estimate of drug-likeness (QED) is 0.217. The molecule has 6 heteroatoms. The summed E-state index contributed by atoms with van der Waals surface area (Å²) in [5.74, 6) is 0.901. The Hall–Kier alpha value is -1.02. The van der Waals surface area contributed by atoms with Crippen molar-refractivity contribution in [2.24, 2.45) is 10.4 Å². The molecule has 5 nitrogen and oxygen atoms in total. The van der Waals surface area contributed by atoms with Crippen molar-refractivity contribution in [1.29, 1.82) is 0 Å². The van der Waals surface area contributed by atoms with Crippen LogP contribution in [0.2, 0.25) is 0 Å². The second-order valence-corrected chi connectivity index (χ2v) is 6.60. The molecule has 25 heavy (non-hydrogen) atoms. The molecule has 1 aliphatic carbocycles. The first kappa shape index (κ1) is 22.0. The van der Waals surface area contributed by atoms with Crippen molar-refractivity contribution < 1.29 is 4.74 Å². The van der Waals surface area contributed by atoms with E-state index < -0.39 is 0 Å². The smallest absolute Gasteiger partial charge is 0.190 e. The van der Waals surface area contributed by atoms with E-state index >= 15 is 0 Å². The molecule has 0 bridgehead atoms. The first-order valence-electron chi connectivity index (χ1n) is 9.00. The fourth-order valence-corrected chi connectivity index (χ4v) is 3.09. The van der Waals surface area contributed by atoms with Gasteiger partial charge in [-0.25, -0.2) is 0 Å². The van der Waals surface area contributed by atoms with E-state index in [4.69, 9.17) is 4.74 Å². The standard InChI is InChI=1S/C19H32N4O.HI/c1-20-18(23-16-19(10-6-11-19)12-15-24-2)22-14-7-13-21-17-8-4-3-5-9-17;/h3-5,8-9,21H,6-7,10-16H2,1-2H3,(H2,20,22,23);1H. The highest BCUT2D eigenvalue weighted by Gasteiger charge is 2.36. The van der Waals surface area contributed by atoms with Gasteiger partial charge in [-0.2, -0.15) is 0 Å². The van der Waals surface area contributed by atoms with E-state index in [0.29, 0.717) is 5.41 Å². The number of guanidine groups is 1. The first-order chi connectivity index (χ1) is 11.8. The molecule has 0 unspecified atom stereocenters. The molecule has 0 spiro atoms. The van der Waals surface area contributed by atoms with E-state index in [0.717, 1.165) is 45.0 Å². The van der Waals surface area contributed by atoms with Gasteiger partial charge in [0.1, 0.15) is 0 Å². The van der Waals surface area contributed by atoms with Gasteiger partial charge in [0, 0.05) is 46.1 Å². The Labute approximate surface area is 169 Å². The molecule has 0 heterocycles. The third kappa shape index (κ3) is 7.81. The molecule has 0 radical (unpaired) electrons. The van der Waals surface area contributed by atoms with Gasteiger partial charge in [-0.3, -0.25) is 4.99 Å². The summed E-state index contributed by atoms with van der Waals surface area (Å²) in [6.07, 6.45) is 6.10. The minimum absolute atomic E-state index is 0. The SMILES string of the molecule is CN=C(NCCCNc1ccccc1)NCC1(CCOC)CCC1.I. The van der Waals surface area contributed by atoms with Crippen molar-refractivity contribution >= 4 is 35.6 Å². The van der Waals surface area contributed by atoms with Crippen LogP contribution < -0.4 is 16.0 Å². The van der Waals surface area contributed by atoms with Crippen LogP contribution in [0.15, 0.2) is 35.3 Å². The Bertz CT molecular complexity index is 491. The van der Waals surface area contributed by atoms with E-state index in [1.807, 2.05) is 25.2 Å². The van der Waals surface area contributed by atoms with Gasteiger partial charge in [-0.05, 0) is 43.2 Å². The van der Waals surface area contributed by atoms with Gasteiger partial charge in [-0.1, -0.05) is 24.6 Å². The Morgan fingerprint density at radius 3 is 2.52 bits per heavy atom. The number of nitrogens with zero attached hydrogens (tertiary/aromatic N) is 1. The topological polar surface area (TPSA) is 57.7 Å². The summed E-state index contributed by atoms with van der Waals surface area (Å²) in [4.78, 5) is 4.33. The monoisotopic (exact) mass is 460 g/mol. The van der Waals surface area contributed by atoms with Gasteiger partial charge in [0.25, 0.3) is 0 Å². The number of aliphatic imine (C=N–C) groups is 1. The normalized spacial score (nSPS) is 15.7. The van der Waals surface area contributed by atoms with Crippen molar-refractivity contribution in [3.63, 3.8) is 0 Å². The summed E-state index contributed by atoms with van der Waals surface area (Å²) in [7, 11) is 3.61. The van der Waals surface area contributed by atoms with Gasteiger partial charge in [0.05, 0.1) is 0 Å². The number of hydrogen-bond acceptors (Lipinski definition) is 3. The second-order valence-electron chi connectivity index (χ2n) is 6.60. The predicted molar refractivity (Wildman–Crippen MR) is 117 cm³/mol. The van der Waals surface area contributed by atoms with E-state index in [2.05, 4.69) is 33.1 Å². The van der Waals surface area contributed by atoms with Crippen molar-refractivity contribution in [1.82, 2.24) is 10.6 Å². The number of ether oxygens (including phenoxy) is 1. The summed E-state index contributed by atoms with van der Waals surface area (Å²) in [6.45, 7) is 3.69. The molecule has 0 amide bonds. The summed E-state index contributed by atoms with van der Waals surface area (Å²) in [6, 6.07) is 10.3. The lowest BCUT2D eigenvalue weighted by molar-refractivity contribution is 0.0732. The zero-order chi connectivity index (χ0) is 17.1. The van der Waals surface area contributed by atoms with Crippen LogP contribution in [0.4, 0.5) is 5.69 Å². The van der Waals surface area contributed by atoms with Gasteiger partial charge in [0.2, 0.25) is 0 Å². The third-order valence-corrected chi connectivity index (χ3v) is 4.85. The van der Waals surface area contributed by atoms with E-state index in [1.165, 1.54) is 24.9 Å². The average molecular weight is 460 g/mol. The van der Waals surface area contributed by atoms with Crippen LogP contribution in [0.5, 0.6) is 0 Å². The number of para-hydroxylation sites is 1. The molecule has 0 saturated heterocycles. The number of methoxy groups -OCH3 is 1. The van der Waals surface area contributed by atoms with Gasteiger partial charge >= 0.3 is 0 Å². The maximum atomic E-state index is 5.25. The van der Waals surface area contributed by atoms with Gasteiger partial charge in [-0.15, -0.1) is 24.0 Å². The lowest BCUT2D eigenvalue weighted by atomic mass is 9.67. The van der Waals surface area contributed by atoms with Crippen LogP contribution in [0.25, 0.3) is 0 Å². The lowest BCUT2D eigenvalue weighted by Gasteiger charge is -2.42. The molecule has 1 aromatic rings. The van der Waals surface area contributed by atoms with Crippen molar-refractivity contribution in [2.45, 2.75) is 32.1 Å².